The highest BCUT2D eigenvalue weighted by molar-refractivity contribution is 5.27. The van der Waals surface area contributed by atoms with Gasteiger partial charge in [0.25, 0.3) is 0 Å². The van der Waals surface area contributed by atoms with Crippen LogP contribution in [0.25, 0.3) is 0 Å². The molecule has 0 fully saturated rings. The van der Waals surface area contributed by atoms with Crippen LogP contribution in [-0.4, -0.2) is 24.1 Å². The molecule has 0 saturated carbocycles. The third-order valence-electron chi connectivity index (χ3n) is 3.27. The monoisotopic (exact) mass is 275 g/mol. The molecule has 0 saturated heterocycles. The van der Waals surface area contributed by atoms with Gasteiger partial charge in [-0.05, 0) is 31.2 Å². The van der Waals surface area contributed by atoms with Crippen molar-refractivity contribution in [1.29, 1.82) is 0 Å². The molecule has 0 aliphatic rings. The number of nitrogens with one attached hydrogen (secondary N) is 1. The minimum atomic E-state index is -0.192. The Labute approximate surface area is 118 Å². The zero-order valence-corrected chi connectivity index (χ0v) is 11.9. The number of benzene rings is 1. The Morgan fingerprint density at radius 2 is 2.10 bits per heavy atom. The van der Waals surface area contributed by atoms with Crippen LogP contribution in [0.15, 0.2) is 30.6 Å². The average Bonchev–Trinajstić information content (AvgIpc) is 2.48. The summed E-state index contributed by atoms with van der Waals surface area (Å²) in [5.74, 6) is 0.336. The summed E-state index contributed by atoms with van der Waals surface area (Å²) in [4.78, 5) is 8.19. The van der Waals surface area contributed by atoms with Gasteiger partial charge in [-0.1, -0.05) is 12.1 Å². The molecule has 0 amide bonds. The lowest BCUT2D eigenvalue weighted by Gasteiger charge is -2.17. The van der Waals surface area contributed by atoms with Gasteiger partial charge < -0.3 is 10.1 Å². The third kappa shape index (κ3) is 3.30. The predicted molar refractivity (Wildman–Crippen MR) is 75.2 cm³/mol. The minimum Gasteiger partial charge on any atom is -0.481 e. The molecule has 0 aliphatic heterocycles. The first-order valence-electron chi connectivity index (χ1n) is 6.42. The normalized spacial score (nSPS) is 12.2. The molecule has 4 nitrogen and oxygen atoms in total. The second kappa shape index (κ2) is 6.43. The molecule has 1 aromatic heterocycles. The molecule has 1 N–H and O–H groups in total. The van der Waals surface area contributed by atoms with Crippen LogP contribution < -0.4 is 10.1 Å². The van der Waals surface area contributed by atoms with Gasteiger partial charge in [0.1, 0.15) is 12.1 Å². The molecule has 1 atom stereocenters. The van der Waals surface area contributed by atoms with Gasteiger partial charge in [0, 0.05) is 24.2 Å². The number of aromatic nitrogens is 2. The van der Waals surface area contributed by atoms with Crippen molar-refractivity contribution < 1.29 is 9.13 Å². The van der Waals surface area contributed by atoms with Gasteiger partial charge in [-0.15, -0.1) is 0 Å². The van der Waals surface area contributed by atoms with Crippen LogP contribution in [0.4, 0.5) is 4.39 Å². The van der Waals surface area contributed by atoms with Crippen molar-refractivity contribution in [3.63, 3.8) is 0 Å². The number of aryl methyl sites for hydroxylation is 1. The number of likely N-dealkylation sites (N-methyl/N-ethyl adjacent to an activating group) is 1. The van der Waals surface area contributed by atoms with E-state index in [4.69, 9.17) is 4.74 Å². The Hall–Kier alpha value is -2.01. The topological polar surface area (TPSA) is 47.0 Å². The van der Waals surface area contributed by atoms with Crippen molar-refractivity contribution in [2.75, 3.05) is 14.2 Å². The molecule has 20 heavy (non-hydrogen) atoms. The molecule has 0 spiro atoms. The van der Waals surface area contributed by atoms with E-state index in [2.05, 4.69) is 15.3 Å². The number of ether oxygens (including phenoxy) is 1. The number of hydrogen-bond acceptors (Lipinski definition) is 4. The fraction of sp³-hybridized carbons (Fsp3) is 0.333. The van der Waals surface area contributed by atoms with Gasteiger partial charge >= 0.3 is 0 Å². The van der Waals surface area contributed by atoms with Gasteiger partial charge in [-0.3, -0.25) is 0 Å². The first-order valence-corrected chi connectivity index (χ1v) is 6.42. The summed E-state index contributed by atoms with van der Waals surface area (Å²) in [6.07, 6.45) is 2.11. The summed E-state index contributed by atoms with van der Waals surface area (Å²) in [5.41, 5.74) is 2.39. The van der Waals surface area contributed by atoms with Crippen molar-refractivity contribution >= 4 is 0 Å². The van der Waals surface area contributed by atoms with Crippen LogP contribution in [-0.2, 0) is 6.42 Å². The van der Waals surface area contributed by atoms with E-state index in [1.165, 1.54) is 6.33 Å². The Kier molecular flexibility index (Phi) is 4.63. The Morgan fingerprint density at radius 1 is 1.30 bits per heavy atom. The number of halogens is 1. The summed E-state index contributed by atoms with van der Waals surface area (Å²) >= 11 is 0. The number of rotatable bonds is 5. The number of methoxy groups -OCH3 is 1. The van der Waals surface area contributed by atoms with E-state index in [9.17, 15) is 4.39 Å². The summed E-state index contributed by atoms with van der Waals surface area (Å²) in [6.45, 7) is 1.75. The minimum absolute atomic E-state index is 0.00953. The molecule has 1 unspecified atom stereocenters. The molecule has 0 bridgehead atoms. The van der Waals surface area contributed by atoms with E-state index in [1.807, 2.05) is 13.1 Å². The Bertz CT molecular complexity index is 589. The van der Waals surface area contributed by atoms with Crippen molar-refractivity contribution in [3.8, 4) is 5.88 Å². The summed E-state index contributed by atoms with van der Waals surface area (Å²) < 4.78 is 18.7. The van der Waals surface area contributed by atoms with Crippen molar-refractivity contribution in [2.45, 2.75) is 19.4 Å². The third-order valence-corrected chi connectivity index (χ3v) is 3.27. The average molecular weight is 275 g/mol. The van der Waals surface area contributed by atoms with Gasteiger partial charge in [-0.25, -0.2) is 14.4 Å². The zero-order valence-electron chi connectivity index (χ0n) is 11.9. The molecule has 2 rings (SSSR count). The van der Waals surface area contributed by atoms with Gasteiger partial charge in [0.2, 0.25) is 5.88 Å². The van der Waals surface area contributed by atoms with E-state index in [0.717, 1.165) is 11.3 Å². The summed E-state index contributed by atoms with van der Waals surface area (Å²) in [5, 5.41) is 3.18. The standard InChI is InChI=1S/C15H18FN3O/c1-10-4-5-11(6-13(10)16)14(17-2)7-12-8-15(20-3)19-9-18-12/h4-6,8-9,14,17H,7H2,1-3H3. The lowest BCUT2D eigenvalue weighted by atomic mass is 10.0. The zero-order chi connectivity index (χ0) is 14.5. The maximum absolute atomic E-state index is 13.7. The molecule has 2 aromatic rings. The van der Waals surface area contributed by atoms with E-state index < -0.39 is 0 Å². The SMILES string of the molecule is CNC(Cc1cc(OC)ncn1)c1ccc(C)c(F)c1. The van der Waals surface area contributed by atoms with Crippen LogP contribution in [0.3, 0.4) is 0 Å². The fourth-order valence-electron chi connectivity index (χ4n) is 2.02. The Balaban J connectivity index is 2.21. The van der Waals surface area contributed by atoms with Crippen molar-refractivity contribution in [1.82, 2.24) is 15.3 Å². The van der Waals surface area contributed by atoms with Crippen LogP contribution in [0.1, 0.15) is 22.9 Å². The van der Waals surface area contributed by atoms with Gasteiger partial charge in [0.05, 0.1) is 7.11 Å². The maximum atomic E-state index is 13.7. The van der Waals surface area contributed by atoms with Crippen molar-refractivity contribution in [3.05, 3.63) is 53.2 Å². The molecule has 0 aliphatic carbocycles. The molecule has 106 valence electrons. The van der Waals surface area contributed by atoms with Crippen LogP contribution in [0.5, 0.6) is 5.88 Å². The molecule has 1 heterocycles. The predicted octanol–water partition coefficient (Wildman–Crippen LogP) is 2.44. The molecule has 5 heteroatoms. The van der Waals surface area contributed by atoms with E-state index in [1.54, 1.807) is 32.2 Å². The second-order valence-electron chi connectivity index (χ2n) is 4.61. The summed E-state index contributed by atoms with van der Waals surface area (Å²) in [6, 6.07) is 7.06. The first-order chi connectivity index (χ1) is 9.63. The molecular formula is C15H18FN3O. The molecule has 1 aromatic carbocycles. The van der Waals surface area contributed by atoms with Crippen LogP contribution >= 0.6 is 0 Å². The number of hydrogen-bond donors (Lipinski definition) is 1. The van der Waals surface area contributed by atoms with Crippen LogP contribution in [0.2, 0.25) is 0 Å². The molecular weight excluding hydrogens is 257 g/mol. The number of nitrogens with zero attached hydrogens (tertiary/aromatic N) is 2. The largest absolute Gasteiger partial charge is 0.481 e. The smallest absolute Gasteiger partial charge is 0.216 e. The summed E-state index contributed by atoms with van der Waals surface area (Å²) in [7, 11) is 3.41. The van der Waals surface area contributed by atoms with Gasteiger partial charge in [0.15, 0.2) is 0 Å². The molecule has 0 radical (unpaired) electrons. The van der Waals surface area contributed by atoms with E-state index >= 15 is 0 Å². The second-order valence-corrected chi connectivity index (χ2v) is 4.61. The quantitative estimate of drug-likeness (QED) is 0.910. The van der Waals surface area contributed by atoms with Crippen LogP contribution in [0, 0.1) is 12.7 Å². The highest BCUT2D eigenvalue weighted by Gasteiger charge is 2.13. The van der Waals surface area contributed by atoms with E-state index in [0.29, 0.717) is 17.9 Å². The maximum Gasteiger partial charge on any atom is 0.216 e. The first kappa shape index (κ1) is 14.4. The lowest BCUT2D eigenvalue weighted by Crippen LogP contribution is -2.19. The van der Waals surface area contributed by atoms with Crippen molar-refractivity contribution in [2.24, 2.45) is 0 Å². The highest BCUT2D eigenvalue weighted by atomic mass is 19.1. The fourth-order valence-corrected chi connectivity index (χ4v) is 2.02. The van der Waals surface area contributed by atoms with E-state index in [-0.39, 0.29) is 11.9 Å². The van der Waals surface area contributed by atoms with Gasteiger partial charge in [-0.2, -0.15) is 0 Å². The lowest BCUT2D eigenvalue weighted by molar-refractivity contribution is 0.395. The highest BCUT2D eigenvalue weighted by Crippen LogP contribution is 2.20. The Morgan fingerprint density at radius 3 is 2.75 bits per heavy atom.